The summed E-state index contributed by atoms with van der Waals surface area (Å²) >= 11 is 0. The van der Waals surface area contributed by atoms with Crippen LogP contribution in [0.25, 0.3) is 0 Å². The largest absolute Gasteiger partial charge is 0.483 e. The molecule has 5 heteroatoms. The van der Waals surface area contributed by atoms with Crippen molar-refractivity contribution in [2.75, 3.05) is 19.7 Å². The van der Waals surface area contributed by atoms with Gasteiger partial charge in [-0.1, -0.05) is 48.5 Å². The zero-order valence-electron chi connectivity index (χ0n) is 15.5. The first-order valence-corrected chi connectivity index (χ1v) is 9.58. The Kier molecular flexibility index (Phi) is 6.75. The van der Waals surface area contributed by atoms with E-state index in [0.717, 1.165) is 50.1 Å². The molecule has 2 aliphatic rings. The number of nitrogens with one attached hydrogen (secondary N) is 1. The van der Waals surface area contributed by atoms with Gasteiger partial charge in [0, 0.05) is 25.0 Å². The van der Waals surface area contributed by atoms with E-state index < -0.39 is 0 Å². The summed E-state index contributed by atoms with van der Waals surface area (Å²) < 4.78 is 5.98. The maximum absolute atomic E-state index is 12.8. The molecule has 2 atom stereocenters. The van der Waals surface area contributed by atoms with Gasteiger partial charge in [-0.05, 0) is 43.0 Å². The first-order valence-electron chi connectivity index (χ1n) is 9.58. The number of fused-ring (bicyclic) bond motifs is 2. The molecule has 27 heavy (non-hydrogen) atoms. The zero-order valence-corrected chi connectivity index (χ0v) is 16.3. The number of para-hydroxylation sites is 1. The molecule has 4 rings (SSSR count). The highest BCUT2D eigenvalue weighted by Gasteiger charge is 2.37. The van der Waals surface area contributed by atoms with Crippen LogP contribution in [0.2, 0.25) is 0 Å². The van der Waals surface area contributed by atoms with Crippen LogP contribution in [-0.4, -0.2) is 42.6 Å². The number of ether oxygens (including phenoxy) is 1. The molecule has 2 saturated heterocycles. The van der Waals surface area contributed by atoms with Crippen LogP contribution < -0.4 is 10.1 Å². The first-order chi connectivity index (χ1) is 12.8. The smallest absolute Gasteiger partial charge is 0.261 e. The fraction of sp³-hybridized carbons (Fsp3) is 0.409. The highest BCUT2D eigenvalue weighted by atomic mass is 35.5. The quantitative estimate of drug-likeness (QED) is 0.855. The summed E-state index contributed by atoms with van der Waals surface area (Å²) in [5.74, 6) is 0.931. The molecule has 4 nitrogen and oxygen atoms in total. The Balaban J connectivity index is 0.00000210. The number of carbonyl (C=O) groups is 1. The van der Waals surface area contributed by atoms with Crippen molar-refractivity contribution in [1.82, 2.24) is 10.2 Å². The lowest BCUT2D eigenvalue weighted by Gasteiger charge is -2.28. The van der Waals surface area contributed by atoms with E-state index >= 15 is 0 Å². The minimum Gasteiger partial charge on any atom is -0.483 e. The van der Waals surface area contributed by atoms with Crippen LogP contribution in [0.5, 0.6) is 5.75 Å². The zero-order chi connectivity index (χ0) is 17.8. The van der Waals surface area contributed by atoms with E-state index in [4.69, 9.17) is 4.74 Å². The predicted molar refractivity (Wildman–Crippen MR) is 110 cm³/mol. The standard InChI is InChI=1S/C22H26N2O2.ClH/c25-22(24-19-10-11-20(24)15-23-13-12-19)16-26-21-9-5-4-8-18(21)14-17-6-2-1-3-7-17;/h1-9,19-20,23H,10-16H2;1H. The van der Waals surface area contributed by atoms with Crippen LogP contribution in [0.3, 0.4) is 0 Å². The summed E-state index contributed by atoms with van der Waals surface area (Å²) in [7, 11) is 0. The van der Waals surface area contributed by atoms with Crippen molar-refractivity contribution in [2.45, 2.75) is 37.8 Å². The highest BCUT2D eigenvalue weighted by Crippen LogP contribution is 2.28. The number of rotatable bonds is 5. The lowest BCUT2D eigenvalue weighted by molar-refractivity contribution is -0.136. The highest BCUT2D eigenvalue weighted by molar-refractivity contribution is 5.85. The second kappa shape index (κ2) is 9.25. The average Bonchev–Trinajstić information content (AvgIpc) is 2.94. The van der Waals surface area contributed by atoms with Crippen molar-refractivity contribution in [3.8, 4) is 5.75 Å². The number of benzene rings is 2. The summed E-state index contributed by atoms with van der Waals surface area (Å²) in [5.41, 5.74) is 2.36. The van der Waals surface area contributed by atoms with Gasteiger partial charge >= 0.3 is 0 Å². The molecule has 2 heterocycles. The van der Waals surface area contributed by atoms with E-state index in [1.165, 1.54) is 5.56 Å². The molecule has 2 unspecified atom stereocenters. The lowest BCUT2D eigenvalue weighted by Crippen LogP contribution is -2.44. The molecular weight excluding hydrogens is 360 g/mol. The Morgan fingerprint density at radius 2 is 1.74 bits per heavy atom. The molecule has 0 aromatic heterocycles. The summed E-state index contributed by atoms with van der Waals surface area (Å²) in [4.78, 5) is 14.9. The second-order valence-corrected chi connectivity index (χ2v) is 7.24. The molecule has 2 fully saturated rings. The molecule has 2 bridgehead atoms. The van der Waals surface area contributed by atoms with Crippen LogP contribution in [0.15, 0.2) is 54.6 Å². The van der Waals surface area contributed by atoms with Gasteiger partial charge in [0.2, 0.25) is 0 Å². The summed E-state index contributed by atoms with van der Waals surface area (Å²) in [6.07, 6.45) is 4.09. The van der Waals surface area contributed by atoms with Crippen LogP contribution in [-0.2, 0) is 11.2 Å². The average molecular weight is 387 g/mol. The Morgan fingerprint density at radius 1 is 1.00 bits per heavy atom. The topological polar surface area (TPSA) is 41.6 Å². The molecule has 0 radical (unpaired) electrons. The molecule has 2 aliphatic heterocycles. The Bertz CT molecular complexity index is 739. The van der Waals surface area contributed by atoms with Crippen LogP contribution in [0.1, 0.15) is 30.4 Å². The van der Waals surface area contributed by atoms with E-state index in [1.807, 2.05) is 36.4 Å². The fourth-order valence-electron chi connectivity index (χ4n) is 4.21. The van der Waals surface area contributed by atoms with E-state index in [2.05, 4.69) is 28.4 Å². The number of halogens is 1. The van der Waals surface area contributed by atoms with Gasteiger partial charge in [0.25, 0.3) is 5.91 Å². The maximum Gasteiger partial charge on any atom is 0.261 e. The lowest BCUT2D eigenvalue weighted by atomic mass is 10.0. The van der Waals surface area contributed by atoms with Crippen molar-refractivity contribution < 1.29 is 9.53 Å². The number of hydrogen-bond acceptors (Lipinski definition) is 3. The minimum atomic E-state index is 0. The number of nitrogens with zero attached hydrogens (tertiary/aromatic N) is 1. The molecule has 1 amide bonds. The Morgan fingerprint density at radius 3 is 2.59 bits per heavy atom. The molecule has 0 saturated carbocycles. The van der Waals surface area contributed by atoms with Crippen molar-refractivity contribution in [2.24, 2.45) is 0 Å². The van der Waals surface area contributed by atoms with Gasteiger partial charge < -0.3 is 15.0 Å². The van der Waals surface area contributed by atoms with Gasteiger partial charge in [0.1, 0.15) is 5.75 Å². The maximum atomic E-state index is 12.8. The van der Waals surface area contributed by atoms with Crippen molar-refractivity contribution in [3.05, 3.63) is 65.7 Å². The SMILES string of the molecule is Cl.O=C(COc1ccccc1Cc1ccccc1)N1C2CCNCC1CC2. The molecule has 2 aromatic rings. The fourth-order valence-corrected chi connectivity index (χ4v) is 4.21. The van der Waals surface area contributed by atoms with Gasteiger partial charge in [-0.15, -0.1) is 12.4 Å². The first kappa shape index (κ1) is 19.7. The predicted octanol–water partition coefficient (Wildman–Crippen LogP) is 3.43. The third-order valence-corrected chi connectivity index (χ3v) is 5.50. The number of carbonyl (C=O) groups excluding carboxylic acids is 1. The Labute approximate surface area is 167 Å². The van der Waals surface area contributed by atoms with Gasteiger partial charge in [-0.3, -0.25) is 4.79 Å². The molecule has 0 aliphatic carbocycles. The van der Waals surface area contributed by atoms with E-state index in [-0.39, 0.29) is 24.9 Å². The molecule has 0 spiro atoms. The number of amides is 1. The van der Waals surface area contributed by atoms with Gasteiger partial charge in [-0.25, -0.2) is 0 Å². The van der Waals surface area contributed by atoms with Crippen molar-refractivity contribution >= 4 is 18.3 Å². The summed E-state index contributed by atoms with van der Waals surface area (Å²) in [6.45, 7) is 2.04. The minimum absolute atomic E-state index is 0. The van der Waals surface area contributed by atoms with Gasteiger partial charge in [-0.2, -0.15) is 0 Å². The Hall–Kier alpha value is -2.04. The summed E-state index contributed by atoms with van der Waals surface area (Å²) in [6, 6.07) is 19.1. The molecular formula is C22H27ClN2O2. The normalized spacial score (nSPS) is 21.3. The monoisotopic (exact) mass is 386 g/mol. The number of hydrogen-bond donors (Lipinski definition) is 1. The van der Waals surface area contributed by atoms with Gasteiger partial charge in [0.15, 0.2) is 6.61 Å². The van der Waals surface area contributed by atoms with E-state index in [0.29, 0.717) is 12.1 Å². The van der Waals surface area contributed by atoms with Crippen molar-refractivity contribution in [3.63, 3.8) is 0 Å². The van der Waals surface area contributed by atoms with Crippen LogP contribution >= 0.6 is 12.4 Å². The third kappa shape index (κ3) is 4.63. The third-order valence-electron chi connectivity index (χ3n) is 5.50. The van der Waals surface area contributed by atoms with E-state index in [1.54, 1.807) is 0 Å². The van der Waals surface area contributed by atoms with Gasteiger partial charge in [0.05, 0.1) is 0 Å². The molecule has 144 valence electrons. The second-order valence-electron chi connectivity index (χ2n) is 7.24. The summed E-state index contributed by atoms with van der Waals surface area (Å²) in [5, 5.41) is 3.44. The molecule has 2 aromatic carbocycles. The van der Waals surface area contributed by atoms with E-state index in [9.17, 15) is 4.79 Å². The van der Waals surface area contributed by atoms with Crippen molar-refractivity contribution in [1.29, 1.82) is 0 Å². The van der Waals surface area contributed by atoms with Crippen LogP contribution in [0.4, 0.5) is 0 Å². The van der Waals surface area contributed by atoms with Crippen LogP contribution in [0, 0.1) is 0 Å². The molecule has 1 N–H and O–H groups in total.